The smallest absolute Gasteiger partial charge is 0.276 e. The highest BCUT2D eigenvalue weighted by molar-refractivity contribution is 9.10. The highest BCUT2D eigenvalue weighted by atomic mass is 79.9. The predicted octanol–water partition coefficient (Wildman–Crippen LogP) is 4.25. The topological polar surface area (TPSA) is 80.1 Å². The summed E-state index contributed by atoms with van der Waals surface area (Å²) in [5.41, 5.74) is 0.0244. The second kappa shape index (κ2) is 7.37. The summed E-state index contributed by atoms with van der Waals surface area (Å²) in [4.78, 5) is 16.0. The monoisotopic (exact) mass is 370 g/mol. The maximum absolute atomic E-state index is 11.0. The normalized spacial score (nSPS) is 10.4. The second-order valence-corrected chi connectivity index (χ2v) is 6.18. The van der Waals surface area contributed by atoms with Gasteiger partial charge in [-0.1, -0.05) is 6.92 Å². The average molecular weight is 371 g/mol. The van der Waals surface area contributed by atoms with Gasteiger partial charge in [0.2, 0.25) is 0 Å². The van der Waals surface area contributed by atoms with E-state index < -0.39 is 4.92 Å². The van der Waals surface area contributed by atoms with Gasteiger partial charge in [-0.05, 0) is 33.8 Å². The number of rotatable bonds is 7. The van der Waals surface area contributed by atoms with Crippen LogP contribution >= 0.6 is 27.3 Å². The summed E-state index contributed by atoms with van der Waals surface area (Å²) in [5.74, 6) is 1.00. The molecule has 0 saturated carbocycles. The van der Waals surface area contributed by atoms with Gasteiger partial charge in [0.1, 0.15) is 11.6 Å². The quantitative estimate of drug-likeness (QED) is 0.562. The standard InChI is InChI=1S/C13H15BrN4O2S/c1-2-4-15-12-6-9(18(19)20)7-13(17-12)16-8-11-10(14)3-5-21-11/h3,5-7H,2,4,8H2,1H3,(H2,15,16,17). The molecule has 0 saturated heterocycles. The molecule has 0 aliphatic heterocycles. The van der Waals surface area contributed by atoms with Gasteiger partial charge in [0.05, 0.1) is 23.6 Å². The predicted molar refractivity (Wildman–Crippen MR) is 89.0 cm³/mol. The van der Waals surface area contributed by atoms with Crippen LogP contribution in [0.15, 0.2) is 28.1 Å². The zero-order chi connectivity index (χ0) is 15.2. The van der Waals surface area contributed by atoms with E-state index in [4.69, 9.17) is 0 Å². The van der Waals surface area contributed by atoms with Crippen molar-refractivity contribution in [2.75, 3.05) is 17.2 Å². The van der Waals surface area contributed by atoms with Gasteiger partial charge in [0, 0.05) is 15.9 Å². The van der Waals surface area contributed by atoms with Crippen LogP contribution in [0.4, 0.5) is 17.3 Å². The SMILES string of the molecule is CCCNc1cc([N+](=O)[O-])cc(NCc2sccc2Br)n1. The maximum Gasteiger partial charge on any atom is 0.276 e. The highest BCUT2D eigenvalue weighted by Gasteiger charge is 2.11. The number of thiophene rings is 1. The zero-order valence-corrected chi connectivity index (χ0v) is 13.8. The van der Waals surface area contributed by atoms with Gasteiger partial charge in [0.15, 0.2) is 0 Å². The Hall–Kier alpha value is -1.67. The van der Waals surface area contributed by atoms with Crippen molar-refractivity contribution in [1.82, 2.24) is 4.98 Å². The third kappa shape index (κ3) is 4.40. The fraction of sp³-hybridized carbons (Fsp3) is 0.308. The summed E-state index contributed by atoms with van der Waals surface area (Å²) < 4.78 is 1.02. The van der Waals surface area contributed by atoms with Crippen molar-refractivity contribution in [2.24, 2.45) is 0 Å². The molecule has 2 heterocycles. The number of anilines is 2. The first-order valence-corrected chi connectivity index (χ1v) is 8.13. The van der Waals surface area contributed by atoms with Gasteiger partial charge >= 0.3 is 0 Å². The number of nitrogens with zero attached hydrogens (tertiary/aromatic N) is 2. The molecule has 6 nitrogen and oxygen atoms in total. The highest BCUT2D eigenvalue weighted by Crippen LogP contribution is 2.25. The molecule has 2 aromatic heterocycles. The van der Waals surface area contributed by atoms with Gasteiger partial charge in [-0.3, -0.25) is 10.1 Å². The molecule has 112 valence electrons. The first kappa shape index (κ1) is 15.7. The largest absolute Gasteiger partial charge is 0.370 e. The minimum atomic E-state index is -0.412. The van der Waals surface area contributed by atoms with Crippen LogP contribution in [0.5, 0.6) is 0 Å². The molecule has 0 bridgehead atoms. The second-order valence-electron chi connectivity index (χ2n) is 4.32. The third-order valence-electron chi connectivity index (χ3n) is 2.70. The van der Waals surface area contributed by atoms with E-state index in [1.807, 2.05) is 18.4 Å². The molecule has 21 heavy (non-hydrogen) atoms. The molecule has 2 rings (SSSR count). The molecular weight excluding hydrogens is 356 g/mol. The third-order valence-corrected chi connectivity index (χ3v) is 4.62. The van der Waals surface area contributed by atoms with Gasteiger partial charge in [-0.25, -0.2) is 4.98 Å². The van der Waals surface area contributed by atoms with Crippen LogP contribution < -0.4 is 10.6 Å². The molecule has 0 spiro atoms. The van der Waals surface area contributed by atoms with Gasteiger partial charge < -0.3 is 10.6 Å². The molecule has 2 N–H and O–H groups in total. The summed E-state index contributed by atoms with van der Waals surface area (Å²) in [5, 5.41) is 19.2. The van der Waals surface area contributed by atoms with Crippen molar-refractivity contribution in [1.29, 1.82) is 0 Å². The summed E-state index contributed by atoms with van der Waals surface area (Å²) in [6.07, 6.45) is 0.926. The fourth-order valence-electron chi connectivity index (χ4n) is 1.68. The van der Waals surface area contributed by atoms with Crippen LogP contribution in [-0.4, -0.2) is 16.5 Å². The van der Waals surface area contributed by atoms with Crippen molar-refractivity contribution in [3.05, 3.63) is 43.0 Å². The minimum Gasteiger partial charge on any atom is -0.370 e. The molecular formula is C13H15BrN4O2S. The number of nitro groups is 1. The Labute approximate surface area is 134 Å². The van der Waals surface area contributed by atoms with Crippen LogP contribution in [0.25, 0.3) is 0 Å². The van der Waals surface area contributed by atoms with Crippen molar-refractivity contribution in [3.63, 3.8) is 0 Å². The maximum atomic E-state index is 11.0. The van der Waals surface area contributed by atoms with E-state index >= 15 is 0 Å². The van der Waals surface area contributed by atoms with Crippen molar-refractivity contribution < 1.29 is 4.92 Å². The lowest BCUT2D eigenvalue weighted by Gasteiger charge is -2.08. The molecule has 0 amide bonds. The molecule has 0 fully saturated rings. The van der Waals surface area contributed by atoms with E-state index in [0.29, 0.717) is 18.2 Å². The van der Waals surface area contributed by atoms with Crippen molar-refractivity contribution in [2.45, 2.75) is 19.9 Å². The van der Waals surface area contributed by atoms with E-state index in [-0.39, 0.29) is 5.69 Å². The zero-order valence-electron chi connectivity index (χ0n) is 11.4. The summed E-state index contributed by atoms with van der Waals surface area (Å²) in [6, 6.07) is 4.86. The molecule has 8 heteroatoms. The number of halogens is 1. The lowest BCUT2D eigenvalue weighted by molar-refractivity contribution is -0.384. The first-order chi connectivity index (χ1) is 10.1. The average Bonchev–Trinajstić information content (AvgIpc) is 2.88. The molecule has 0 aromatic carbocycles. The van der Waals surface area contributed by atoms with E-state index in [2.05, 4.69) is 31.5 Å². The Morgan fingerprint density at radius 1 is 1.38 bits per heavy atom. The fourth-order valence-corrected chi connectivity index (χ4v) is 3.11. The van der Waals surface area contributed by atoms with Gasteiger partial charge in [0.25, 0.3) is 5.69 Å². The van der Waals surface area contributed by atoms with Crippen LogP contribution in [0.1, 0.15) is 18.2 Å². The number of hydrogen-bond acceptors (Lipinski definition) is 6. The number of hydrogen-bond donors (Lipinski definition) is 2. The Morgan fingerprint density at radius 3 is 2.67 bits per heavy atom. The van der Waals surface area contributed by atoms with E-state index in [0.717, 1.165) is 22.3 Å². The van der Waals surface area contributed by atoms with E-state index in [9.17, 15) is 10.1 Å². The molecule has 0 radical (unpaired) electrons. The lowest BCUT2D eigenvalue weighted by Crippen LogP contribution is -2.06. The first-order valence-electron chi connectivity index (χ1n) is 6.46. The minimum absolute atomic E-state index is 0.0244. The van der Waals surface area contributed by atoms with Gasteiger partial charge in [-0.2, -0.15) is 0 Å². The summed E-state index contributed by atoms with van der Waals surface area (Å²) >= 11 is 5.07. The Bertz CT molecular complexity index is 632. The van der Waals surface area contributed by atoms with Crippen LogP contribution in [0, 0.1) is 10.1 Å². The summed E-state index contributed by atoms with van der Waals surface area (Å²) in [7, 11) is 0. The molecule has 2 aromatic rings. The lowest BCUT2D eigenvalue weighted by atomic mass is 10.3. The Kier molecular flexibility index (Phi) is 5.51. The van der Waals surface area contributed by atoms with Gasteiger partial charge in [-0.15, -0.1) is 11.3 Å². The Balaban J connectivity index is 2.15. The number of aromatic nitrogens is 1. The van der Waals surface area contributed by atoms with E-state index in [1.54, 1.807) is 11.3 Å². The number of nitrogens with one attached hydrogen (secondary N) is 2. The molecule has 0 atom stereocenters. The van der Waals surface area contributed by atoms with E-state index in [1.165, 1.54) is 12.1 Å². The number of pyridine rings is 1. The van der Waals surface area contributed by atoms with Crippen LogP contribution in [0.3, 0.4) is 0 Å². The summed E-state index contributed by atoms with van der Waals surface area (Å²) in [6.45, 7) is 3.32. The van der Waals surface area contributed by atoms with Crippen LogP contribution in [0.2, 0.25) is 0 Å². The molecule has 0 aliphatic rings. The Morgan fingerprint density at radius 2 is 2.10 bits per heavy atom. The van der Waals surface area contributed by atoms with Crippen LogP contribution in [-0.2, 0) is 6.54 Å². The van der Waals surface area contributed by atoms with Crippen molar-refractivity contribution in [3.8, 4) is 0 Å². The molecule has 0 unspecified atom stereocenters. The molecule has 0 aliphatic carbocycles. The van der Waals surface area contributed by atoms with Crippen molar-refractivity contribution >= 4 is 44.6 Å².